The van der Waals surface area contributed by atoms with Gasteiger partial charge >= 0.3 is 0 Å². The predicted octanol–water partition coefficient (Wildman–Crippen LogP) is 0.956. The van der Waals surface area contributed by atoms with Crippen LogP contribution in [0.5, 0.6) is 11.5 Å². The van der Waals surface area contributed by atoms with E-state index >= 15 is 0 Å². The Morgan fingerprint density at radius 3 is 2.41 bits per heavy atom. The summed E-state index contributed by atoms with van der Waals surface area (Å²) < 4.78 is 10.4. The van der Waals surface area contributed by atoms with Crippen molar-refractivity contribution in [3.63, 3.8) is 0 Å². The SMILES string of the molecule is COc1ccc(N2CC[NH+](CC(=O)Nc3cc([N+](=O)[O-])ccc3OC)CC2)cc1. The van der Waals surface area contributed by atoms with Crippen molar-refractivity contribution in [3.05, 3.63) is 52.6 Å². The van der Waals surface area contributed by atoms with Crippen LogP contribution in [-0.4, -0.2) is 57.8 Å². The number of hydrogen-bond donors (Lipinski definition) is 2. The van der Waals surface area contributed by atoms with Crippen LogP contribution >= 0.6 is 0 Å². The molecule has 2 aromatic carbocycles. The molecule has 1 saturated heterocycles. The van der Waals surface area contributed by atoms with Crippen molar-refractivity contribution in [2.45, 2.75) is 0 Å². The number of nitrogens with zero attached hydrogens (tertiary/aromatic N) is 2. The van der Waals surface area contributed by atoms with Crippen molar-refractivity contribution in [3.8, 4) is 11.5 Å². The van der Waals surface area contributed by atoms with Gasteiger partial charge in [-0.05, 0) is 30.3 Å². The van der Waals surface area contributed by atoms with E-state index in [-0.39, 0.29) is 11.6 Å². The third kappa shape index (κ3) is 5.14. The second kappa shape index (κ2) is 9.24. The van der Waals surface area contributed by atoms with E-state index in [9.17, 15) is 14.9 Å². The Bertz CT molecular complexity index is 864. The summed E-state index contributed by atoms with van der Waals surface area (Å²) in [6.07, 6.45) is 0. The smallest absolute Gasteiger partial charge is 0.279 e. The number of nitro benzene ring substituents is 1. The maximum absolute atomic E-state index is 12.5. The Balaban J connectivity index is 1.54. The van der Waals surface area contributed by atoms with E-state index < -0.39 is 4.92 Å². The van der Waals surface area contributed by atoms with E-state index in [1.165, 1.54) is 25.3 Å². The molecule has 9 nitrogen and oxygen atoms in total. The number of nitrogens with one attached hydrogen (secondary N) is 2. The Morgan fingerprint density at radius 2 is 1.83 bits per heavy atom. The van der Waals surface area contributed by atoms with Crippen LogP contribution in [-0.2, 0) is 4.79 Å². The number of non-ortho nitro benzene ring substituents is 1. The summed E-state index contributed by atoms with van der Waals surface area (Å²) in [5.74, 6) is 1.02. The molecule has 3 rings (SSSR count). The molecule has 1 heterocycles. The van der Waals surface area contributed by atoms with Gasteiger partial charge in [-0.2, -0.15) is 0 Å². The molecule has 0 spiro atoms. The number of ether oxygens (including phenoxy) is 2. The highest BCUT2D eigenvalue weighted by Gasteiger charge is 2.23. The molecule has 0 aliphatic carbocycles. The quantitative estimate of drug-likeness (QED) is 0.530. The Labute approximate surface area is 169 Å². The van der Waals surface area contributed by atoms with Crippen LogP contribution in [0.1, 0.15) is 0 Å². The minimum Gasteiger partial charge on any atom is -0.497 e. The molecule has 0 bridgehead atoms. The molecule has 0 atom stereocenters. The van der Waals surface area contributed by atoms with Crippen molar-refractivity contribution in [1.29, 1.82) is 0 Å². The standard InChI is InChI=1S/C20H24N4O5/c1-28-17-6-3-15(4-7-17)23-11-9-22(10-12-23)14-20(25)21-18-13-16(24(26)27)5-8-19(18)29-2/h3-8,13H,9-12,14H2,1-2H3,(H,21,25)/p+1. The molecule has 2 N–H and O–H groups in total. The van der Waals surface area contributed by atoms with Crippen molar-refractivity contribution in [2.24, 2.45) is 0 Å². The van der Waals surface area contributed by atoms with E-state index in [0.29, 0.717) is 18.0 Å². The first-order valence-corrected chi connectivity index (χ1v) is 9.35. The minimum absolute atomic E-state index is 0.0958. The van der Waals surface area contributed by atoms with Gasteiger partial charge in [0.1, 0.15) is 11.5 Å². The zero-order valence-electron chi connectivity index (χ0n) is 16.5. The maximum Gasteiger partial charge on any atom is 0.279 e. The number of quaternary nitrogens is 1. The van der Waals surface area contributed by atoms with Crippen LogP contribution in [0.15, 0.2) is 42.5 Å². The van der Waals surface area contributed by atoms with Gasteiger partial charge in [-0.25, -0.2) is 0 Å². The normalized spacial score (nSPS) is 14.3. The molecule has 0 radical (unpaired) electrons. The molecule has 1 aliphatic rings. The van der Waals surface area contributed by atoms with E-state index in [1.54, 1.807) is 7.11 Å². The average molecular weight is 401 g/mol. The highest BCUT2D eigenvalue weighted by molar-refractivity contribution is 5.93. The molecule has 2 aromatic rings. The van der Waals surface area contributed by atoms with E-state index in [4.69, 9.17) is 9.47 Å². The molecular weight excluding hydrogens is 376 g/mol. The highest BCUT2D eigenvalue weighted by Crippen LogP contribution is 2.28. The molecule has 1 amide bonds. The van der Waals surface area contributed by atoms with E-state index in [1.807, 2.05) is 24.3 Å². The number of carbonyl (C=O) groups is 1. The van der Waals surface area contributed by atoms with Gasteiger partial charge in [0.05, 0.1) is 51.0 Å². The lowest BCUT2D eigenvalue weighted by Gasteiger charge is -2.33. The molecule has 29 heavy (non-hydrogen) atoms. The minimum atomic E-state index is -0.501. The van der Waals surface area contributed by atoms with E-state index in [0.717, 1.165) is 42.5 Å². The van der Waals surface area contributed by atoms with Crippen LogP contribution in [0, 0.1) is 10.1 Å². The van der Waals surface area contributed by atoms with Crippen LogP contribution in [0.4, 0.5) is 17.1 Å². The zero-order valence-corrected chi connectivity index (χ0v) is 16.5. The second-order valence-electron chi connectivity index (χ2n) is 6.80. The number of rotatable bonds is 7. The molecule has 0 aromatic heterocycles. The summed E-state index contributed by atoms with van der Waals surface area (Å²) in [6.45, 7) is 3.63. The summed E-state index contributed by atoms with van der Waals surface area (Å²) in [5.41, 5.74) is 1.35. The predicted molar refractivity (Wildman–Crippen MR) is 109 cm³/mol. The van der Waals surface area contributed by atoms with Gasteiger partial charge in [0.25, 0.3) is 11.6 Å². The first kappa shape index (κ1) is 20.4. The van der Waals surface area contributed by atoms with Gasteiger partial charge in [-0.15, -0.1) is 0 Å². The summed E-state index contributed by atoms with van der Waals surface area (Å²) in [5, 5.41) is 13.7. The Hall–Kier alpha value is -3.33. The summed E-state index contributed by atoms with van der Waals surface area (Å²) in [7, 11) is 3.10. The highest BCUT2D eigenvalue weighted by atomic mass is 16.6. The summed E-state index contributed by atoms with van der Waals surface area (Å²) in [6, 6.07) is 12.1. The van der Waals surface area contributed by atoms with Crippen molar-refractivity contribution in [1.82, 2.24) is 0 Å². The van der Waals surface area contributed by atoms with E-state index in [2.05, 4.69) is 10.2 Å². The van der Waals surface area contributed by atoms with Gasteiger partial charge < -0.3 is 24.6 Å². The van der Waals surface area contributed by atoms with Crippen molar-refractivity contribution < 1.29 is 24.1 Å². The number of nitro groups is 1. The zero-order chi connectivity index (χ0) is 20.8. The fourth-order valence-corrected chi connectivity index (χ4v) is 3.38. The molecule has 0 unspecified atom stereocenters. The third-order valence-electron chi connectivity index (χ3n) is 4.99. The first-order chi connectivity index (χ1) is 14.0. The number of amides is 1. The maximum atomic E-state index is 12.5. The number of anilines is 2. The van der Waals surface area contributed by atoms with Gasteiger partial charge in [-0.1, -0.05) is 0 Å². The number of piperazine rings is 1. The monoisotopic (exact) mass is 401 g/mol. The fourth-order valence-electron chi connectivity index (χ4n) is 3.38. The lowest BCUT2D eigenvalue weighted by Crippen LogP contribution is -3.15. The number of benzene rings is 2. The largest absolute Gasteiger partial charge is 0.497 e. The molecule has 0 saturated carbocycles. The fraction of sp³-hybridized carbons (Fsp3) is 0.350. The van der Waals surface area contributed by atoms with Crippen LogP contribution in [0.25, 0.3) is 0 Å². The molecule has 9 heteroatoms. The molecular formula is C20H25N4O5+. The van der Waals surface area contributed by atoms with Crippen LogP contribution in [0.2, 0.25) is 0 Å². The topological polar surface area (TPSA) is 98.4 Å². The molecule has 154 valence electrons. The van der Waals surface area contributed by atoms with Gasteiger partial charge in [0, 0.05) is 17.8 Å². The van der Waals surface area contributed by atoms with Crippen LogP contribution < -0.4 is 24.6 Å². The van der Waals surface area contributed by atoms with Crippen molar-refractivity contribution in [2.75, 3.05) is 57.2 Å². The third-order valence-corrected chi connectivity index (χ3v) is 4.99. The van der Waals surface area contributed by atoms with Gasteiger partial charge in [-0.3, -0.25) is 14.9 Å². The van der Waals surface area contributed by atoms with Crippen LogP contribution in [0.3, 0.4) is 0 Å². The Morgan fingerprint density at radius 1 is 1.14 bits per heavy atom. The second-order valence-corrected chi connectivity index (χ2v) is 6.80. The van der Waals surface area contributed by atoms with Crippen molar-refractivity contribution >= 4 is 23.0 Å². The first-order valence-electron chi connectivity index (χ1n) is 9.35. The lowest BCUT2D eigenvalue weighted by molar-refractivity contribution is -0.892. The molecule has 1 fully saturated rings. The number of methoxy groups -OCH3 is 2. The molecule has 1 aliphatic heterocycles. The average Bonchev–Trinajstić information content (AvgIpc) is 2.74. The number of carbonyl (C=O) groups excluding carboxylic acids is 1. The lowest BCUT2D eigenvalue weighted by atomic mass is 10.2. The van der Waals surface area contributed by atoms with Gasteiger partial charge in [0.15, 0.2) is 6.54 Å². The number of hydrogen-bond acceptors (Lipinski definition) is 6. The Kier molecular flexibility index (Phi) is 6.50. The van der Waals surface area contributed by atoms with Gasteiger partial charge in [0.2, 0.25) is 0 Å². The summed E-state index contributed by atoms with van der Waals surface area (Å²) >= 11 is 0. The summed E-state index contributed by atoms with van der Waals surface area (Å²) in [4.78, 5) is 26.4.